The third-order valence-electron chi connectivity index (χ3n) is 3.70. The number of hydrogen-bond donors (Lipinski definition) is 1. The SMILES string of the molecule is CC(C)Oc1ccc(S(=O)(=O)N(C)C2CCNCC2)cc1.Cl. The van der Waals surface area contributed by atoms with Crippen molar-refractivity contribution < 1.29 is 13.2 Å². The van der Waals surface area contributed by atoms with Crippen LogP contribution in [0, 0.1) is 0 Å². The molecule has 0 bridgehead atoms. The lowest BCUT2D eigenvalue weighted by Gasteiger charge is -2.30. The van der Waals surface area contributed by atoms with E-state index in [9.17, 15) is 8.42 Å². The van der Waals surface area contributed by atoms with E-state index in [4.69, 9.17) is 4.74 Å². The molecule has 0 amide bonds. The summed E-state index contributed by atoms with van der Waals surface area (Å²) in [7, 11) is -1.76. The van der Waals surface area contributed by atoms with E-state index in [1.54, 1.807) is 31.3 Å². The van der Waals surface area contributed by atoms with Gasteiger partial charge in [0.15, 0.2) is 0 Å². The zero-order chi connectivity index (χ0) is 15.5. The van der Waals surface area contributed by atoms with Crippen LogP contribution in [0.3, 0.4) is 0 Å². The highest BCUT2D eigenvalue weighted by Crippen LogP contribution is 2.23. The summed E-state index contributed by atoms with van der Waals surface area (Å²) in [5.74, 6) is 0.688. The van der Waals surface area contributed by atoms with Gasteiger partial charge in [0.05, 0.1) is 11.0 Å². The molecule has 1 heterocycles. The quantitative estimate of drug-likeness (QED) is 0.886. The summed E-state index contributed by atoms with van der Waals surface area (Å²) in [4.78, 5) is 0.319. The number of hydrogen-bond acceptors (Lipinski definition) is 4. The first-order valence-electron chi connectivity index (χ1n) is 7.36. The van der Waals surface area contributed by atoms with Crippen LogP contribution < -0.4 is 10.1 Å². The van der Waals surface area contributed by atoms with Crippen molar-refractivity contribution in [1.29, 1.82) is 0 Å². The molecule has 22 heavy (non-hydrogen) atoms. The molecular weight excluding hydrogens is 324 g/mol. The van der Waals surface area contributed by atoms with E-state index in [0.29, 0.717) is 10.6 Å². The molecule has 7 heteroatoms. The van der Waals surface area contributed by atoms with Crippen molar-refractivity contribution in [2.75, 3.05) is 20.1 Å². The van der Waals surface area contributed by atoms with Crippen LogP contribution in [-0.2, 0) is 10.0 Å². The number of rotatable bonds is 5. The van der Waals surface area contributed by atoms with Crippen molar-refractivity contribution in [2.24, 2.45) is 0 Å². The summed E-state index contributed by atoms with van der Waals surface area (Å²) in [5.41, 5.74) is 0. The lowest BCUT2D eigenvalue weighted by atomic mass is 10.1. The zero-order valence-electron chi connectivity index (χ0n) is 13.3. The summed E-state index contributed by atoms with van der Waals surface area (Å²) >= 11 is 0. The lowest BCUT2D eigenvalue weighted by Crippen LogP contribution is -2.43. The second-order valence-corrected chi connectivity index (χ2v) is 7.64. The van der Waals surface area contributed by atoms with Gasteiger partial charge in [0.2, 0.25) is 10.0 Å². The monoisotopic (exact) mass is 348 g/mol. The normalized spacial score (nSPS) is 16.6. The molecule has 1 saturated heterocycles. The van der Waals surface area contributed by atoms with Gasteiger partial charge in [-0.25, -0.2) is 8.42 Å². The fourth-order valence-corrected chi connectivity index (χ4v) is 3.91. The van der Waals surface area contributed by atoms with E-state index in [0.717, 1.165) is 25.9 Å². The highest BCUT2D eigenvalue weighted by molar-refractivity contribution is 7.89. The Morgan fingerprint density at radius 2 is 1.73 bits per heavy atom. The van der Waals surface area contributed by atoms with Gasteiger partial charge >= 0.3 is 0 Å². The van der Waals surface area contributed by atoms with Crippen molar-refractivity contribution in [3.05, 3.63) is 24.3 Å². The van der Waals surface area contributed by atoms with E-state index >= 15 is 0 Å². The number of ether oxygens (including phenoxy) is 1. The van der Waals surface area contributed by atoms with Gasteiger partial charge in [-0.1, -0.05) is 0 Å². The standard InChI is InChI=1S/C15H24N2O3S.ClH/c1-12(2)20-14-4-6-15(7-5-14)21(18,19)17(3)13-8-10-16-11-9-13;/h4-7,12-13,16H,8-11H2,1-3H3;1H. The van der Waals surface area contributed by atoms with Gasteiger partial charge in [-0.2, -0.15) is 4.31 Å². The molecule has 1 fully saturated rings. The molecule has 0 aliphatic carbocycles. The van der Waals surface area contributed by atoms with E-state index in [2.05, 4.69) is 5.32 Å². The Labute approximate surface area is 139 Å². The molecule has 1 aromatic carbocycles. The number of piperidine rings is 1. The summed E-state index contributed by atoms with van der Waals surface area (Å²) in [6, 6.07) is 6.73. The Hall–Kier alpha value is -0.820. The van der Waals surface area contributed by atoms with Crippen molar-refractivity contribution in [1.82, 2.24) is 9.62 Å². The van der Waals surface area contributed by atoms with Crippen LogP contribution in [0.1, 0.15) is 26.7 Å². The Balaban J connectivity index is 0.00000242. The first-order valence-corrected chi connectivity index (χ1v) is 8.81. The number of nitrogens with one attached hydrogen (secondary N) is 1. The van der Waals surface area contributed by atoms with Gasteiger partial charge < -0.3 is 10.1 Å². The van der Waals surface area contributed by atoms with Crippen molar-refractivity contribution in [3.63, 3.8) is 0 Å². The van der Waals surface area contributed by atoms with Crippen LogP contribution in [-0.4, -0.2) is 45.0 Å². The Morgan fingerprint density at radius 1 is 1.18 bits per heavy atom. The number of sulfonamides is 1. The maximum Gasteiger partial charge on any atom is 0.243 e. The highest BCUT2D eigenvalue weighted by atomic mass is 35.5. The molecule has 1 aliphatic rings. The maximum atomic E-state index is 12.6. The molecule has 0 aromatic heterocycles. The Kier molecular flexibility index (Phi) is 7.12. The number of benzene rings is 1. The molecule has 0 saturated carbocycles. The maximum absolute atomic E-state index is 12.6. The predicted octanol–water partition coefficient (Wildman–Crippen LogP) is 2.27. The first-order chi connectivity index (χ1) is 9.91. The van der Waals surface area contributed by atoms with E-state index in [1.165, 1.54) is 4.31 Å². The van der Waals surface area contributed by atoms with Crippen molar-refractivity contribution in [2.45, 2.75) is 43.7 Å². The van der Waals surface area contributed by atoms with Crippen LogP contribution >= 0.6 is 12.4 Å². The first kappa shape index (κ1) is 19.2. The van der Waals surface area contributed by atoms with E-state index in [-0.39, 0.29) is 24.6 Å². The Morgan fingerprint density at radius 3 is 2.23 bits per heavy atom. The van der Waals surface area contributed by atoms with Gasteiger partial charge in [0, 0.05) is 13.1 Å². The molecule has 0 radical (unpaired) electrons. The fraction of sp³-hybridized carbons (Fsp3) is 0.600. The third-order valence-corrected chi connectivity index (χ3v) is 5.62. The molecule has 126 valence electrons. The topological polar surface area (TPSA) is 58.6 Å². The van der Waals surface area contributed by atoms with Gasteiger partial charge in [-0.15, -0.1) is 12.4 Å². The second-order valence-electron chi connectivity index (χ2n) is 5.64. The van der Waals surface area contributed by atoms with Gasteiger partial charge in [0.1, 0.15) is 5.75 Å². The highest BCUT2D eigenvalue weighted by Gasteiger charge is 2.28. The second kappa shape index (κ2) is 8.15. The molecule has 1 aliphatic heterocycles. The molecule has 0 spiro atoms. The van der Waals surface area contributed by atoms with Crippen molar-refractivity contribution in [3.8, 4) is 5.75 Å². The molecule has 1 aromatic rings. The lowest BCUT2D eigenvalue weighted by molar-refractivity contribution is 0.242. The van der Waals surface area contributed by atoms with E-state index < -0.39 is 10.0 Å². The van der Waals surface area contributed by atoms with Crippen molar-refractivity contribution >= 4 is 22.4 Å². The van der Waals surface area contributed by atoms with Crippen LogP contribution in [0.15, 0.2) is 29.2 Å². The minimum atomic E-state index is -3.43. The summed E-state index contributed by atoms with van der Waals surface area (Å²) in [6.45, 7) is 5.61. The largest absolute Gasteiger partial charge is 0.491 e. The van der Waals surface area contributed by atoms with Crippen LogP contribution in [0.2, 0.25) is 0 Å². The van der Waals surface area contributed by atoms with Crippen LogP contribution in [0.25, 0.3) is 0 Å². The van der Waals surface area contributed by atoms with Gasteiger partial charge in [-0.3, -0.25) is 0 Å². The van der Waals surface area contributed by atoms with Crippen LogP contribution in [0.4, 0.5) is 0 Å². The molecular formula is C15H25ClN2O3S. The molecule has 1 N–H and O–H groups in total. The number of nitrogens with zero attached hydrogens (tertiary/aromatic N) is 1. The summed E-state index contributed by atoms with van der Waals surface area (Å²) in [5, 5.41) is 3.25. The van der Waals surface area contributed by atoms with Gasteiger partial charge in [0.25, 0.3) is 0 Å². The zero-order valence-corrected chi connectivity index (χ0v) is 14.9. The van der Waals surface area contributed by atoms with Gasteiger partial charge in [-0.05, 0) is 64.0 Å². The Bertz CT molecular complexity index is 555. The predicted molar refractivity (Wildman–Crippen MR) is 90.3 cm³/mol. The van der Waals surface area contributed by atoms with Crippen LogP contribution in [0.5, 0.6) is 5.75 Å². The molecule has 5 nitrogen and oxygen atoms in total. The molecule has 2 rings (SSSR count). The smallest absolute Gasteiger partial charge is 0.243 e. The minimum absolute atomic E-state index is 0. The third kappa shape index (κ3) is 4.59. The summed E-state index contributed by atoms with van der Waals surface area (Å²) in [6.07, 6.45) is 1.78. The molecule has 0 unspecified atom stereocenters. The average molecular weight is 349 g/mol. The number of halogens is 1. The van der Waals surface area contributed by atoms with E-state index in [1.807, 2.05) is 13.8 Å². The average Bonchev–Trinajstić information content (AvgIpc) is 2.47. The summed E-state index contributed by atoms with van der Waals surface area (Å²) < 4.78 is 32.3. The molecule has 0 atom stereocenters. The minimum Gasteiger partial charge on any atom is -0.491 e. The fourth-order valence-electron chi connectivity index (χ4n) is 2.50.